The monoisotopic (exact) mass is 276 g/mol. The molecule has 2 heterocycles. The average Bonchev–Trinajstić information content (AvgIpc) is 2.46. The molecule has 0 aromatic carbocycles. The van der Waals surface area contributed by atoms with E-state index >= 15 is 0 Å². The molecule has 0 fully saturated rings. The van der Waals surface area contributed by atoms with Gasteiger partial charge in [0, 0.05) is 19.2 Å². The largest absolute Gasteiger partial charge is 0.348 e. The van der Waals surface area contributed by atoms with Crippen LogP contribution in [0.1, 0.15) is 22.5 Å². The van der Waals surface area contributed by atoms with Gasteiger partial charge in [-0.1, -0.05) is 11.6 Å². The predicted octanol–water partition coefficient (Wildman–Crippen LogP) is 0.948. The summed E-state index contributed by atoms with van der Waals surface area (Å²) >= 11 is 0. The van der Waals surface area contributed by atoms with E-state index in [2.05, 4.69) is 15.6 Å². The lowest BCUT2D eigenvalue weighted by Crippen LogP contribution is -2.30. The van der Waals surface area contributed by atoms with E-state index in [0.29, 0.717) is 12.2 Å². The van der Waals surface area contributed by atoms with Crippen molar-refractivity contribution in [3.8, 4) is 0 Å². The molecule has 0 radical (unpaired) electrons. The minimum atomic E-state index is -0.557. The Morgan fingerprint density at radius 1 is 1.60 bits per heavy atom. The number of amides is 1. The Morgan fingerprint density at radius 3 is 3.05 bits per heavy atom. The molecule has 1 aromatic heterocycles. The lowest BCUT2D eigenvalue weighted by atomic mass is 10.1. The molecule has 2 rings (SSSR count). The number of nitrogens with one attached hydrogen (secondary N) is 2. The highest BCUT2D eigenvalue weighted by Gasteiger charge is 2.16. The number of hydrogen-bond acceptors (Lipinski definition) is 5. The molecular formula is C13H16N4O3. The van der Waals surface area contributed by atoms with Crippen LogP contribution in [0.2, 0.25) is 0 Å². The Bertz CT molecular complexity index is 569. The van der Waals surface area contributed by atoms with Crippen LogP contribution in [-0.2, 0) is 0 Å². The van der Waals surface area contributed by atoms with Gasteiger partial charge in [0.15, 0.2) is 0 Å². The fourth-order valence-electron chi connectivity index (χ4n) is 1.97. The van der Waals surface area contributed by atoms with Gasteiger partial charge in [0.2, 0.25) is 0 Å². The van der Waals surface area contributed by atoms with Gasteiger partial charge in [0.25, 0.3) is 11.6 Å². The Hall–Kier alpha value is -2.28. The van der Waals surface area contributed by atoms with Crippen molar-refractivity contribution in [2.75, 3.05) is 19.6 Å². The van der Waals surface area contributed by atoms with Crippen molar-refractivity contribution in [2.24, 2.45) is 0 Å². The van der Waals surface area contributed by atoms with Crippen LogP contribution in [0.3, 0.4) is 0 Å². The highest BCUT2D eigenvalue weighted by Crippen LogP contribution is 2.14. The second-order valence-corrected chi connectivity index (χ2v) is 4.58. The summed E-state index contributed by atoms with van der Waals surface area (Å²) in [4.78, 5) is 26.1. The first-order valence-corrected chi connectivity index (χ1v) is 6.36. The average molecular weight is 276 g/mol. The fourth-order valence-corrected chi connectivity index (χ4v) is 1.97. The van der Waals surface area contributed by atoms with Crippen molar-refractivity contribution in [1.82, 2.24) is 15.6 Å². The summed E-state index contributed by atoms with van der Waals surface area (Å²) in [6.07, 6.45) is 4.09. The molecule has 2 N–H and O–H groups in total. The van der Waals surface area contributed by atoms with Crippen LogP contribution in [0.15, 0.2) is 23.9 Å². The number of aryl methyl sites for hydroxylation is 1. The summed E-state index contributed by atoms with van der Waals surface area (Å²) in [7, 11) is 0. The zero-order valence-electron chi connectivity index (χ0n) is 11.2. The normalized spacial score (nSPS) is 14.6. The summed E-state index contributed by atoms with van der Waals surface area (Å²) in [5.41, 5.74) is 1.70. The van der Waals surface area contributed by atoms with Crippen LogP contribution in [0.5, 0.6) is 0 Å². The summed E-state index contributed by atoms with van der Waals surface area (Å²) in [6, 6.07) is 1.26. The predicted molar refractivity (Wildman–Crippen MR) is 73.5 cm³/mol. The van der Waals surface area contributed by atoms with Gasteiger partial charge >= 0.3 is 0 Å². The number of nitrogens with zero attached hydrogens (tertiary/aromatic N) is 2. The van der Waals surface area contributed by atoms with E-state index in [-0.39, 0.29) is 17.2 Å². The van der Waals surface area contributed by atoms with Gasteiger partial charge < -0.3 is 10.6 Å². The highest BCUT2D eigenvalue weighted by molar-refractivity contribution is 5.95. The molecule has 0 atom stereocenters. The number of aromatic nitrogens is 1. The molecule has 0 unspecified atom stereocenters. The molecule has 20 heavy (non-hydrogen) atoms. The minimum Gasteiger partial charge on any atom is -0.348 e. The third kappa shape index (κ3) is 3.39. The van der Waals surface area contributed by atoms with Gasteiger partial charge in [0.1, 0.15) is 6.20 Å². The van der Waals surface area contributed by atoms with E-state index in [4.69, 9.17) is 0 Å². The van der Waals surface area contributed by atoms with E-state index in [0.717, 1.165) is 31.3 Å². The number of carbonyl (C=O) groups is 1. The number of hydrogen-bond donors (Lipinski definition) is 2. The topological polar surface area (TPSA) is 97.2 Å². The zero-order valence-corrected chi connectivity index (χ0v) is 11.2. The second-order valence-electron chi connectivity index (χ2n) is 4.58. The first-order chi connectivity index (χ1) is 9.58. The Labute approximate surface area is 116 Å². The Morgan fingerprint density at radius 2 is 2.40 bits per heavy atom. The van der Waals surface area contributed by atoms with Crippen LogP contribution < -0.4 is 10.6 Å². The number of rotatable bonds is 4. The zero-order chi connectivity index (χ0) is 14.5. The first-order valence-electron chi connectivity index (χ1n) is 6.36. The molecule has 7 nitrogen and oxygen atoms in total. The maximum Gasteiger partial charge on any atom is 0.288 e. The highest BCUT2D eigenvalue weighted by atomic mass is 16.6. The van der Waals surface area contributed by atoms with Crippen molar-refractivity contribution in [1.29, 1.82) is 0 Å². The molecule has 1 aliphatic rings. The van der Waals surface area contributed by atoms with E-state index < -0.39 is 4.92 Å². The molecule has 0 bridgehead atoms. The van der Waals surface area contributed by atoms with Crippen molar-refractivity contribution in [3.63, 3.8) is 0 Å². The van der Waals surface area contributed by atoms with Crippen molar-refractivity contribution >= 4 is 11.6 Å². The lowest BCUT2D eigenvalue weighted by molar-refractivity contribution is -0.385. The van der Waals surface area contributed by atoms with Crippen molar-refractivity contribution in [2.45, 2.75) is 13.3 Å². The SMILES string of the molecule is Cc1ncc([N+](=O)[O-])cc1C(=O)NCC1=CCNCC1. The van der Waals surface area contributed by atoms with Crippen LogP contribution in [0.25, 0.3) is 0 Å². The van der Waals surface area contributed by atoms with Crippen molar-refractivity contribution in [3.05, 3.63) is 45.3 Å². The smallest absolute Gasteiger partial charge is 0.288 e. The molecule has 0 aliphatic carbocycles. The third-order valence-electron chi connectivity index (χ3n) is 3.16. The quantitative estimate of drug-likeness (QED) is 0.485. The molecule has 0 saturated carbocycles. The van der Waals surface area contributed by atoms with Gasteiger partial charge in [-0.3, -0.25) is 19.9 Å². The first kappa shape index (κ1) is 14.1. The maximum atomic E-state index is 12.1. The van der Waals surface area contributed by atoms with E-state index in [9.17, 15) is 14.9 Å². The molecule has 7 heteroatoms. The van der Waals surface area contributed by atoms with E-state index in [1.165, 1.54) is 6.07 Å². The van der Waals surface area contributed by atoms with Gasteiger partial charge in [-0.05, 0) is 19.9 Å². The summed E-state index contributed by atoms with van der Waals surface area (Å²) in [5.74, 6) is -0.335. The Kier molecular flexibility index (Phi) is 4.41. The van der Waals surface area contributed by atoms with Gasteiger partial charge in [-0.15, -0.1) is 0 Å². The minimum absolute atomic E-state index is 0.179. The maximum absolute atomic E-state index is 12.1. The van der Waals surface area contributed by atoms with Crippen LogP contribution in [0.4, 0.5) is 5.69 Å². The summed E-state index contributed by atoms with van der Waals surface area (Å²) in [6.45, 7) is 3.83. The van der Waals surface area contributed by atoms with Gasteiger partial charge in [-0.2, -0.15) is 0 Å². The molecular weight excluding hydrogens is 260 g/mol. The standard InChI is InChI=1S/C13H16N4O3/c1-9-12(6-11(8-15-9)17(19)20)13(18)16-7-10-2-4-14-5-3-10/h2,6,8,14H,3-5,7H2,1H3,(H,16,18). The number of nitro groups is 1. The number of carbonyl (C=O) groups excluding carboxylic acids is 1. The van der Waals surface area contributed by atoms with E-state index in [1.807, 2.05) is 6.08 Å². The fraction of sp³-hybridized carbons (Fsp3) is 0.385. The van der Waals surface area contributed by atoms with Gasteiger partial charge in [-0.25, -0.2) is 0 Å². The van der Waals surface area contributed by atoms with E-state index in [1.54, 1.807) is 6.92 Å². The summed E-state index contributed by atoms with van der Waals surface area (Å²) < 4.78 is 0. The van der Waals surface area contributed by atoms with Crippen molar-refractivity contribution < 1.29 is 9.72 Å². The molecule has 0 saturated heterocycles. The third-order valence-corrected chi connectivity index (χ3v) is 3.16. The molecule has 106 valence electrons. The molecule has 1 aliphatic heterocycles. The second kappa shape index (κ2) is 6.25. The number of pyridine rings is 1. The molecule has 0 spiro atoms. The molecule has 1 amide bonds. The van der Waals surface area contributed by atoms with Crippen LogP contribution >= 0.6 is 0 Å². The molecule has 1 aromatic rings. The van der Waals surface area contributed by atoms with Crippen LogP contribution in [-0.4, -0.2) is 35.4 Å². The lowest BCUT2D eigenvalue weighted by Gasteiger charge is -2.14. The van der Waals surface area contributed by atoms with Crippen LogP contribution in [0, 0.1) is 17.0 Å². The summed E-state index contributed by atoms with van der Waals surface area (Å²) in [5, 5.41) is 16.7. The Balaban J connectivity index is 2.06. The van der Waals surface area contributed by atoms with Gasteiger partial charge in [0.05, 0.1) is 16.2 Å².